The smallest absolute Gasteiger partial charge is 0.334 e. The van der Waals surface area contributed by atoms with Crippen LogP contribution in [0.1, 0.15) is 104 Å². The summed E-state index contributed by atoms with van der Waals surface area (Å²) in [5.41, 5.74) is 0. The van der Waals surface area contributed by atoms with Crippen LogP contribution in [0.25, 0.3) is 0 Å². The van der Waals surface area contributed by atoms with Gasteiger partial charge in [0.15, 0.2) is 6.10 Å². The van der Waals surface area contributed by atoms with Crippen molar-refractivity contribution < 1.29 is 33.7 Å². The lowest BCUT2D eigenvalue weighted by molar-refractivity contribution is -0.159. The number of rotatable bonds is 23. The van der Waals surface area contributed by atoms with Crippen LogP contribution in [-0.4, -0.2) is 63.0 Å². The highest BCUT2D eigenvalue weighted by Crippen LogP contribution is 2.38. The molecular formula is C36H56O7Si. The minimum absolute atomic E-state index is 0.207. The lowest BCUT2D eigenvalue weighted by atomic mass is 10.1. The first-order valence-electron chi connectivity index (χ1n) is 16.6. The Morgan fingerprint density at radius 3 is 1.48 bits per heavy atom. The third-order valence-corrected chi connectivity index (χ3v) is 13.0. The highest BCUT2D eigenvalue weighted by Gasteiger charge is 2.52. The second kappa shape index (κ2) is 21.3. The van der Waals surface area contributed by atoms with Crippen molar-refractivity contribution in [2.75, 3.05) is 26.4 Å². The van der Waals surface area contributed by atoms with E-state index in [0.29, 0.717) is 6.61 Å². The van der Waals surface area contributed by atoms with E-state index >= 15 is 0 Å². The third kappa shape index (κ3) is 12.8. The number of carbonyl (C=O) groups excluding carboxylic acids is 2. The minimum atomic E-state index is -3.12. The second-order valence-corrected chi connectivity index (χ2v) is 16.8. The average molecular weight is 629 g/mol. The lowest BCUT2D eigenvalue weighted by Gasteiger charge is -2.44. The summed E-state index contributed by atoms with van der Waals surface area (Å²) >= 11 is 0. The first-order chi connectivity index (χ1) is 21.3. The Morgan fingerprint density at radius 2 is 1.05 bits per heavy atom. The van der Waals surface area contributed by atoms with Crippen LogP contribution in [0.3, 0.4) is 0 Å². The lowest BCUT2D eigenvalue weighted by Crippen LogP contribution is -2.68. The van der Waals surface area contributed by atoms with E-state index < -0.39 is 26.4 Å². The van der Waals surface area contributed by atoms with Gasteiger partial charge in [0.25, 0.3) is 8.32 Å². The number of ether oxygens (including phenoxy) is 2. The number of carbonyl (C=O) groups is 2. The largest absolute Gasteiger partial charge is 0.466 e. The van der Waals surface area contributed by atoms with Crippen molar-refractivity contribution in [3.05, 3.63) is 60.7 Å². The Balaban J connectivity index is 2.20. The van der Waals surface area contributed by atoms with Crippen molar-refractivity contribution in [2.45, 2.75) is 115 Å². The molecule has 44 heavy (non-hydrogen) atoms. The minimum Gasteiger partial charge on any atom is -0.466 e. The molecule has 0 amide bonds. The summed E-state index contributed by atoms with van der Waals surface area (Å²) < 4.78 is 18.4. The first kappa shape index (κ1) is 37.7. The summed E-state index contributed by atoms with van der Waals surface area (Å²) in [5.74, 6) is -0.992. The quantitative estimate of drug-likeness (QED) is 0.0875. The van der Waals surface area contributed by atoms with Gasteiger partial charge in [-0.1, -0.05) is 133 Å². The van der Waals surface area contributed by atoms with Crippen molar-refractivity contribution in [3.63, 3.8) is 0 Å². The predicted molar refractivity (Wildman–Crippen MR) is 179 cm³/mol. The summed E-state index contributed by atoms with van der Waals surface area (Å²) in [4.78, 5) is 26.7. The maximum absolute atomic E-state index is 13.6. The maximum atomic E-state index is 13.6. The van der Waals surface area contributed by atoms with Crippen molar-refractivity contribution in [1.82, 2.24) is 0 Å². The molecule has 0 aliphatic heterocycles. The van der Waals surface area contributed by atoms with Crippen LogP contribution < -0.4 is 10.4 Å². The van der Waals surface area contributed by atoms with Crippen LogP contribution in [0.2, 0.25) is 5.04 Å². The number of aliphatic hydroxyl groups excluding tert-OH is 2. The molecule has 0 heterocycles. The van der Waals surface area contributed by atoms with Gasteiger partial charge in [0.05, 0.1) is 19.6 Å². The average Bonchev–Trinajstić information content (AvgIpc) is 3.02. The molecule has 1 unspecified atom stereocenters. The van der Waals surface area contributed by atoms with Crippen LogP contribution in [0.4, 0.5) is 0 Å². The van der Waals surface area contributed by atoms with E-state index in [1.54, 1.807) is 0 Å². The number of aliphatic hydroxyl groups is 2. The molecule has 1 atom stereocenters. The van der Waals surface area contributed by atoms with E-state index in [1.165, 1.54) is 0 Å². The monoisotopic (exact) mass is 628 g/mol. The predicted octanol–water partition coefficient (Wildman–Crippen LogP) is 6.07. The van der Waals surface area contributed by atoms with Crippen LogP contribution in [0.5, 0.6) is 0 Å². The molecule has 0 radical (unpaired) electrons. The molecule has 0 spiro atoms. The number of unbranched alkanes of at least 4 members (excludes halogenated alkanes) is 10. The molecule has 2 aromatic rings. The molecule has 0 saturated heterocycles. The summed E-state index contributed by atoms with van der Waals surface area (Å²) in [7, 11) is -3.12. The zero-order valence-electron chi connectivity index (χ0n) is 27.3. The molecule has 2 aromatic carbocycles. The van der Waals surface area contributed by atoms with Gasteiger partial charge in [0.2, 0.25) is 0 Å². The Hall–Kier alpha value is -2.52. The summed E-state index contributed by atoms with van der Waals surface area (Å²) in [6, 6.07) is 20.1. The van der Waals surface area contributed by atoms with Gasteiger partial charge in [-0.15, -0.1) is 0 Å². The molecule has 2 N–H and O–H groups in total. The van der Waals surface area contributed by atoms with Crippen molar-refractivity contribution in [1.29, 1.82) is 0 Å². The van der Waals surface area contributed by atoms with Gasteiger partial charge in [-0.05, 0) is 41.1 Å². The van der Waals surface area contributed by atoms with Gasteiger partial charge in [-0.25, -0.2) is 4.79 Å². The summed E-state index contributed by atoms with van der Waals surface area (Å²) in [6.45, 7) is 7.42. The molecule has 0 saturated carbocycles. The molecule has 7 nitrogen and oxygen atoms in total. The normalized spacial score (nSPS) is 12.6. The van der Waals surface area contributed by atoms with Gasteiger partial charge in [-0.2, -0.15) is 0 Å². The van der Waals surface area contributed by atoms with E-state index in [1.807, 2.05) is 36.4 Å². The molecule has 0 aromatic heterocycles. The third-order valence-electron chi connectivity index (χ3n) is 7.96. The molecule has 0 aliphatic rings. The van der Waals surface area contributed by atoms with E-state index in [4.69, 9.17) is 24.1 Å². The van der Waals surface area contributed by atoms with Crippen LogP contribution in [0.15, 0.2) is 60.7 Å². The Labute approximate surface area is 266 Å². The fraction of sp³-hybridized carbons (Fsp3) is 0.611. The van der Waals surface area contributed by atoms with Crippen molar-refractivity contribution >= 4 is 30.6 Å². The van der Waals surface area contributed by atoms with Crippen LogP contribution in [0, 0.1) is 0 Å². The number of benzene rings is 2. The first-order valence-corrected chi connectivity index (χ1v) is 18.5. The fourth-order valence-electron chi connectivity index (χ4n) is 5.58. The highest BCUT2D eigenvalue weighted by atomic mass is 28.4. The van der Waals surface area contributed by atoms with E-state index in [0.717, 1.165) is 87.4 Å². The van der Waals surface area contributed by atoms with Crippen LogP contribution in [-0.2, 0) is 23.5 Å². The molecule has 0 bridgehead atoms. The van der Waals surface area contributed by atoms with Crippen molar-refractivity contribution in [2.24, 2.45) is 0 Å². The number of hydrogen-bond acceptors (Lipinski definition) is 7. The van der Waals surface area contributed by atoms with E-state index in [9.17, 15) is 9.59 Å². The summed E-state index contributed by atoms with van der Waals surface area (Å²) in [6.07, 6.45) is 9.85. The standard InChI is InChI=1S/C36H56O7Si/c1-36(2,3)44(31-22-14-12-15-23-31,32-24-16-13-17-25-32)43-33(35(40)42-29-21-11-7-5-9-19-27-38)30-34(39)41-28-20-10-6-4-8-18-26-37/h12-17,22-25,33,37-38H,4-11,18-21,26-30H2,1-3H3. The fourth-order valence-corrected chi connectivity index (χ4v) is 10.2. The number of hydrogen-bond donors (Lipinski definition) is 2. The zero-order valence-corrected chi connectivity index (χ0v) is 28.3. The molecular weight excluding hydrogens is 572 g/mol. The molecule has 0 fully saturated rings. The molecule has 246 valence electrons. The molecule has 2 rings (SSSR count). The second-order valence-electron chi connectivity index (χ2n) is 12.6. The molecule has 0 aliphatic carbocycles. The number of esters is 2. The van der Waals surface area contributed by atoms with Crippen LogP contribution >= 0.6 is 0 Å². The summed E-state index contributed by atoms with van der Waals surface area (Å²) in [5, 5.41) is 19.6. The topological polar surface area (TPSA) is 102 Å². The Bertz CT molecular complexity index is 1000. The van der Waals surface area contributed by atoms with E-state index in [2.05, 4.69) is 45.0 Å². The van der Waals surface area contributed by atoms with Gasteiger partial charge in [-0.3, -0.25) is 4.79 Å². The van der Waals surface area contributed by atoms with E-state index in [-0.39, 0.29) is 31.3 Å². The highest BCUT2D eigenvalue weighted by molar-refractivity contribution is 6.99. The zero-order chi connectivity index (χ0) is 32.1. The van der Waals surface area contributed by atoms with Gasteiger partial charge in [0, 0.05) is 13.2 Å². The Kier molecular flexibility index (Phi) is 18.2. The molecule has 8 heteroatoms. The Morgan fingerprint density at radius 1 is 0.636 bits per heavy atom. The van der Waals surface area contributed by atoms with Gasteiger partial charge < -0.3 is 24.1 Å². The van der Waals surface area contributed by atoms with Gasteiger partial charge in [0.1, 0.15) is 0 Å². The van der Waals surface area contributed by atoms with Gasteiger partial charge >= 0.3 is 11.9 Å². The maximum Gasteiger partial charge on any atom is 0.334 e. The SMILES string of the molecule is CC(C)(C)[Si](OC(CC(=O)OCCCCCCCCO)C(=O)OCCCCCCCCO)(c1ccccc1)c1ccccc1. The van der Waals surface area contributed by atoms with Crippen molar-refractivity contribution in [3.8, 4) is 0 Å².